The average Bonchev–Trinajstić information content (AvgIpc) is 3.26. The number of fused-ring (bicyclic) bond motifs is 1. The predicted octanol–water partition coefficient (Wildman–Crippen LogP) is 3.54. The molecule has 1 atom stereocenters. The molecule has 1 unspecified atom stereocenters. The fourth-order valence-electron chi connectivity index (χ4n) is 2.28. The van der Waals surface area contributed by atoms with E-state index in [1.54, 1.807) is 29.6 Å². The summed E-state index contributed by atoms with van der Waals surface area (Å²) < 4.78 is 6.31. The molecule has 3 aromatic rings. The van der Waals surface area contributed by atoms with Gasteiger partial charge >= 0.3 is 5.97 Å². The lowest BCUT2D eigenvalue weighted by Gasteiger charge is -2.12. The number of nitrogens with zero attached hydrogens (tertiary/aromatic N) is 1. The fourth-order valence-corrected chi connectivity index (χ4v) is 3.89. The third-order valence-electron chi connectivity index (χ3n) is 3.58. The normalized spacial score (nSPS) is 12.0. The van der Waals surface area contributed by atoms with Gasteiger partial charge in [-0.1, -0.05) is 18.2 Å². The number of rotatable bonds is 7. The molecule has 2 heterocycles. The van der Waals surface area contributed by atoms with Crippen LogP contribution < -0.4 is 5.32 Å². The molecule has 1 N–H and O–H groups in total. The van der Waals surface area contributed by atoms with Crippen LogP contribution in [-0.2, 0) is 27.3 Å². The molecule has 0 saturated carbocycles. The Labute approximate surface area is 153 Å². The van der Waals surface area contributed by atoms with Crippen molar-refractivity contribution in [2.75, 3.05) is 0 Å². The van der Waals surface area contributed by atoms with Crippen LogP contribution in [0.4, 0.5) is 0 Å². The molecular formula is C18H18N2O3S2. The van der Waals surface area contributed by atoms with Crippen molar-refractivity contribution in [3.8, 4) is 0 Å². The van der Waals surface area contributed by atoms with E-state index in [2.05, 4.69) is 10.3 Å². The number of thiophene rings is 1. The molecule has 0 aliphatic carbocycles. The number of ether oxygens (including phenoxy) is 1. The zero-order chi connectivity index (χ0) is 17.6. The van der Waals surface area contributed by atoms with Crippen LogP contribution in [0.5, 0.6) is 0 Å². The lowest BCUT2D eigenvalue weighted by molar-refractivity contribution is -0.154. The standard InChI is InChI=1S/C18H18N2O3S2/c1-12(18(22)19-11-13-5-4-10-24-13)23-17(21)9-8-16-20-14-6-2-3-7-15(14)25-16/h2-7,10,12H,8-9,11H2,1H3,(H,19,22). The van der Waals surface area contributed by atoms with E-state index in [1.165, 1.54) is 0 Å². The second kappa shape index (κ2) is 8.22. The molecule has 3 rings (SSSR count). The first-order valence-electron chi connectivity index (χ1n) is 7.96. The number of carbonyl (C=O) groups excluding carboxylic acids is 2. The van der Waals surface area contributed by atoms with Gasteiger partial charge in [0.15, 0.2) is 6.10 Å². The van der Waals surface area contributed by atoms with Crippen LogP contribution in [0, 0.1) is 0 Å². The summed E-state index contributed by atoms with van der Waals surface area (Å²) in [6.07, 6.45) is -0.0767. The van der Waals surface area contributed by atoms with Gasteiger partial charge in [-0.05, 0) is 30.5 Å². The van der Waals surface area contributed by atoms with E-state index < -0.39 is 12.1 Å². The van der Waals surface area contributed by atoms with Gasteiger partial charge in [0.05, 0.1) is 28.2 Å². The molecular weight excluding hydrogens is 356 g/mol. The summed E-state index contributed by atoms with van der Waals surface area (Å²) in [6, 6.07) is 11.7. The molecule has 0 radical (unpaired) electrons. The van der Waals surface area contributed by atoms with Crippen LogP contribution in [0.25, 0.3) is 10.2 Å². The maximum absolute atomic E-state index is 12.0. The van der Waals surface area contributed by atoms with Crippen molar-refractivity contribution in [1.29, 1.82) is 0 Å². The van der Waals surface area contributed by atoms with Crippen LogP contribution in [0.15, 0.2) is 41.8 Å². The van der Waals surface area contributed by atoms with E-state index in [0.29, 0.717) is 13.0 Å². The third kappa shape index (κ3) is 4.87. The zero-order valence-electron chi connectivity index (χ0n) is 13.7. The first kappa shape index (κ1) is 17.6. The maximum Gasteiger partial charge on any atom is 0.306 e. The van der Waals surface area contributed by atoms with Gasteiger partial charge in [-0.15, -0.1) is 22.7 Å². The number of nitrogens with one attached hydrogen (secondary N) is 1. The van der Waals surface area contributed by atoms with Crippen molar-refractivity contribution in [1.82, 2.24) is 10.3 Å². The number of thiazole rings is 1. The van der Waals surface area contributed by atoms with Crippen LogP contribution >= 0.6 is 22.7 Å². The Balaban J connectivity index is 1.44. The van der Waals surface area contributed by atoms with Crippen molar-refractivity contribution >= 4 is 44.8 Å². The molecule has 0 aliphatic heterocycles. The first-order chi connectivity index (χ1) is 12.1. The highest BCUT2D eigenvalue weighted by molar-refractivity contribution is 7.18. The highest BCUT2D eigenvalue weighted by atomic mass is 32.1. The van der Waals surface area contributed by atoms with Gasteiger partial charge in [-0.3, -0.25) is 9.59 Å². The Morgan fingerprint density at radius 3 is 2.84 bits per heavy atom. The summed E-state index contributed by atoms with van der Waals surface area (Å²) in [5.41, 5.74) is 0.942. The van der Waals surface area contributed by atoms with Crippen LogP contribution in [-0.4, -0.2) is 23.0 Å². The van der Waals surface area contributed by atoms with Crippen molar-refractivity contribution in [3.63, 3.8) is 0 Å². The lowest BCUT2D eigenvalue weighted by Crippen LogP contribution is -2.35. The molecule has 0 aliphatic rings. The van der Waals surface area contributed by atoms with Crippen LogP contribution in [0.2, 0.25) is 0 Å². The number of carbonyl (C=O) groups is 2. The monoisotopic (exact) mass is 374 g/mol. The Hall–Kier alpha value is -2.25. The van der Waals surface area contributed by atoms with Gasteiger partial charge in [0, 0.05) is 11.3 Å². The molecule has 7 heteroatoms. The number of benzene rings is 1. The smallest absolute Gasteiger partial charge is 0.306 e. The van der Waals surface area contributed by atoms with E-state index in [1.807, 2.05) is 41.8 Å². The summed E-state index contributed by atoms with van der Waals surface area (Å²) in [4.78, 5) is 29.5. The van der Waals surface area contributed by atoms with Gasteiger partial charge in [0.1, 0.15) is 0 Å². The Morgan fingerprint density at radius 1 is 1.24 bits per heavy atom. The fraction of sp³-hybridized carbons (Fsp3) is 0.278. The van der Waals surface area contributed by atoms with Crippen LogP contribution in [0.1, 0.15) is 23.2 Å². The second-order valence-electron chi connectivity index (χ2n) is 5.50. The number of hydrogen-bond acceptors (Lipinski definition) is 6. The molecule has 1 amide bonds. The minimum absolute atomic E-state index is 0.211. The zero-order valence-corrected chi connectivity index (χ0v) is 15.4. The molecule has 0 fully saturated rings. The van der Waals surface area contributed by atoms with Gasteiger partial charge < -0.3 is 10.1 Å². The number of para-hydroxylation sites is 1. The SMILES string of the molecule is CC(OC(=O)CCc1nc2ccccc2s1)C(=O)NCc1cccs1. The third-order valence-corrected chi connectivity index (χ3v) is 5.55. The van der Waals surface area contributed by atoms with Gasteiger partial charge in [0.2, 0.25) is 0 Å². The molecule has 0 bridgehead atoms. The number of aryl methyl sites for hydroxylation is 1. The van der Waals surface area contributed by atoms with Gasteiger partial charge in [0.25, 0.3) is 5.91 Å². The first-order valence-corrected chi connectivity index (χ1v) is 9.65. The quantitative estimate of drug-likeness (QED) is 0.642. The van der Waals surface area contributed by atoms with Gasteiger partial charge in [-0.2, -0.15) is 0 Å². The molecule has 0 saturated heterocycles. The maximum atomic E-state index is 12.0. The minimum atomic E-state index is -0.803. The molecule has 1 aromatic carbocycles. The lowest BCUT2D eigenvalue weighted by atomic mass is 10.3. The number of hydrogen-bond donors (Lipinski definition) is 1. The van der Waals surface area contributed by atoms with Crippen molar-refractivity contribution in [2.24, 2.45) is 0 Å². The topological polar surface area (TPSA) is 68.3 Å². The largest absolute Gasteiger partial charge is 0.453 e. The van der Waals surface area contributed by atoms with E-state index in [-0.39, 0.29) is 12.3 Å². The summed E-state index contributed by atoms with van der Waals surface area (Å²) in [5, 5.41) is 5.61. The summed E-state index contributed by atoms with van der Waals surface area (Å²) in [6.45, 7) is 2.03. The molecule has 5 nitrogen and oxygen atoms in total. The second-order valence-corrected chi connectivity index (χ2v) is 7.65. The summed E-state index contributed by atoms with van der Waals surface area (Å²) in [5.74, 6) is -0.681. The number of aromatic nitrogens is 1. The Morgan fingerprint density at radius 2 is 2.08 bits per heavy atom. The predicted molar refractivity (Wildman–Crippen MR) is 99.7 cm³/mol. The molecule has 0 spiro atoms. The van der Waals surface area contributed by atoms with Gasteiger partial charge in [-0.25, -0.2) is 4.98 Å². The molecule has 130 valence electrons. The van der Waals surface area contributed by atoms with Crippen molar-refractivity contribution < 1.29 is 14.3 Å². The van der Waals surface area contributed by atoms with E-state index in [0.717, 1.165) is 20.1 Å². The van der Waals surface area contributed by atoms with E-state index >= 15 is 0 Å². The Kier molecular flexibility index (Phi) is 5.78. The summed E-state index contributed by atoms with van der Waals surface area (Å²) >= 11 is 3.14. The Bertz CT molecular complexity index is 825. The van der Waals surface area contributed by atoms with E-state index in [9.17, 15) is 9.59 Å². The minimum Gasteiger partial charge on any atom is -0.453 e. The van der Waals surface area contributed by atoms with E-state index in [4.69, 9.17) is 4.74 Å². The molecule has 25 heavy (non-hydrogen) atoms. The highest BCUT2D eigenvalue weighted by Gasteiger charge is 2.18. The highest BCUT2D eigenvalue weighted by Crippen LogP contribution is 2.22. The number of amides is 1. The molecule has 2 aromatic heterocycles. The summed E-state index contributed by atoms with van der Waals surface area (Å²) in [7, 11) is 0. The number of esters is 1. The van der Waals surface area contributed by atoms with Crippen molar-refractivity contribution in [3.05, 3.63) is 51.7 Å². The van der Waals surface area contributed by atoms with Crippen molar-refractivity contribution in [2.45, 2.75) is 32.4 Å². The average molecular weight is 374 g/mol. The van der Waals surface area contributed by atoms with Crippen LogP contribution in [0.3, 0.4) is 0 Å².